The standard InChI is InChI=1S/C23H23FN2O5/c1-30-22(28)18-11-16-12-21(27)26(20(16)13-19(18)24)17-7-9-25(10-8-17)23(29)31-14-15-5-3-2-4-6-15/h2-6,11,13,17H,7-10,12,14H2,1H3. The van der Waals surface area contributed by atoms with E-state index in [4.69, 9.17) is 4.74 Å². The molecule has 0 unspecified atom stereocenters. The fourth-order valence-corrected chi connectivity index (χ4v) is 4.14. The first kappa shape index (κ1) is 20.8. The molecule has 0 saturated carbocycles. The van der Waals surface area contributed by atoms with Crippen LogP contribution in [0.5, 0.6) is 0 Å². The topological polar surface area (TPSA) is 76.2 Å². The lowest BCUT2D eigenvalue weighted by Gasteiger charge is -2.36. The zero-order chi connectivity index (χ0) is 22.0. The van der Waals surface area contributed by atoms with E-state index in [-0.39, 0.29) is 36.6 Å². The maximum absolute atomic E-state index is 14.4. The molecular formula is C23H23FN2O5. The van der Waals surface area contributed by atoms with Gasteiger partial charge in [0.25, 0.3) is 0 Å². The Hall–Kier alpha value is -3.42. The molecule has 2 heterocycles. The van der Waals surface area contributed by atoms with Gasteiger partial charge in [0.15, 0.2) is 0 Å². The van der Waals surface area contributed by atoms with Gasteiger partial charge in [0.1, 0.15) is 12.4 Å². The number of benzene rings is 2. The Kier molecular flexibility index (Phi) is 5.88. The van der Waals surface area contributed by atoms with Crippen LogP contribution in [0.1, 0.15) is 34.3 Å². The third kappa shape index (κ3) is 4.23. The number of amides is 2. The second-order valence-electron chi connectivity index (χ2n) is 7.65. The summed E-state index contributed by atoms with van der Waals surface area (Å²) in [6.07, 6.45) is 0.848. The second kappa shape index (κ2) is 8.75. The van der Waals surface area contributed by atoms with E-state index in [0.29, 0.717) is 37.2 Å². The predicted octanol–water partition coefficient (Wildman–Crippen LogP) is 3.30. The van der Waals surface area contributed by atoms with Crippen LogP contribution in [0.3, 0.4) is 0 Å². The van der Waals surface area contributed by atoms with Gasteiger partial charge in [0, 0.05) is 19.1 Å². The highest BCUT2D eigenvalue weighted by atomic mass is 19.1. The summed E-state index contributed by atoms with van der Waals surface area (Å²) < 4.78 is 24.4. The molecule has 0 radical (unpaired) electrons. The molecule has 0 aromatic heterocycles. The summed E-state index contributed by atoms with van der Waals surface area (Å²) in [6, 6.07) is 11.9. The van der Waals surface area contributed by atoms with Gasteiger partial charge in [0.05, 0.1) is 24.8 Å². The van der Waals surface area contributed by atoms with E-state index in [9.17, 15) is 18.8 Å². The molecule has 1 fully saturated rings. The van der Waals surface area contributed by atoms with E-state index >= 15 is 0 Å². The first-order valence-corrected chi connectivity index (χ1v) is 10.2. The van der Waals surface area contributed by atoms with Gasteiger partial charge in [-0.15, -0.1) is 0 Å². The Bertz CT molecular complexity index is 1000. The van der Waals surface area contributed by atoms with Crippen molar-refractivity contribution in [3.05, 3.63) is 65.0 Å². The third-order valence-electron chi connectivity index (χ3n) is 5.74. The molecule has 7 nitrogen and oxygen atoms in total. The van der Waals surface area contributed by atoms with E-state index < -0.39 is 11.8 Å². The van der Waals surface area contributed by atoms with Crippen LogP contribution < -0.4 is 4.90 Å². The molecule has 4 rings (SSSR count). The number of hydrogen-bond acceptors (Lipinski definition) is 5. The van der Waals surface area contributed by atoms with E-state index in [1.165, 1.54) is 19.2 Å². The van der Waals surface area contributed by atoms with Crippen LogP contribution in [0.2, 0.25) is 0 Å². The first-order chi connectivity index (χ1) is 15.0. The third-order valence-corrected chi connectivity index (χ3v) is 5.74. The van der Waals surface area contributed by atoms with Crippen LogP contribution in [0.4, 0.5) is 14.9 Å². The van der Waals surface area contributed by atoms with Gasteiger partial charge in [-0.2, -0.15) is 0 Å². The number of methoxy groups -OCH3 is 1. The van der Waals surface area contributed by atoms with Crippen molar-refractivity contribution >= 4 is 23.7 Å². The molecule has 1 saturated heterocycles. The van der Waals surface area contributed by atoms with Gasteiger partial charge < -0.3 is 19.3 Å². The molecule has 0 atom stereocenters. The fraction of sp³-hybridized carbons (Fsp3) is 0.348. The van der Waals surface area contributed by atoms with E-state index in [1.807, 2.05) is 30.3 Å². The monoisotopic (exact) mass is 426 g/mol. The Morgan fingerprint density at radius 3 is 2.52 bits per heavy atom. The summed E-state index contributed by atoms with van der Waals surface area (Å²) in [5.74, 6) is -1.62. The van der Waals surface area contributed by atoms with Crippen molar-refractivity contribution in [1.29, 1.82) is 0 Å². The predicted molar refractivity (Wildman–Crippen MR) is 110 cm³/mol. The molecule has 162 valence electrons. The quantitative estimate of drug-likeness (QED) is 0.702. The summed E-state index contributed by atoms with van der Waals surface area (Å²) in [7, 11) is 1.19. The molecule has 31 heavy (non-hydrogen) atoms. The summed E-state index contributed by atoms with van der Waals surface area (Å²) in [4.78, 5) is 40.0. The molecule has 2 amide bonds. The van der Waals surface area contributed by atoms with Crippen molar-refractivity contribution in [3.63, 3.8) is 0 Å². The van der Waals surface area contributed by atoms with Crippen LogP contribution in [0.25, 0.3) is 0 Å². The van der Waals surface area contributed by atoms with Crippen LogP contribution in [-0.2, 0) is 27.3 Å². The minimum atomic E-state index is -0.770. The molecule has 0 spiro atoms. The summed E-state index contributed by atoms with van der Waals surface area (Å²) in [5, 5.41) is 0. The lowest BCUT2D eigenvalue weighted by Crippen LogP contribution is -2.48. The zero-order valence-corrected chi connectivity index (χ0v) is 17.2. The van der Waals surface area contributed by atoms with Crippen molar-refractivity contribution in [1.82, 2.24) is 4.90 Å². The first-order valence-electron chi connectivity index (χ1n) is 10.2. The highest BCUT2D eigenvalue weighted by Crippen LogP contribution is 2.35. The Morgan fingerprint density at radius 1 is 1.13 bits per heavy atom. The van der Waals surface area contributed by atoms with Gasteiger partial charge in [-0.05, 0) is 36.1 Å². The minimum absolute atomic E-state index is 0.110. The van der Waals surface area contributed by atoms with E-state index in [1.54, 1.807) is 9.80 Å². The highest BCUT2D eigenvalue weighted by molar-refractivity contribution is 6.03. The van der Waals surface area contributed by atoms with Crippen LogP contribution in [0, 0.1) is 5.82 Å². The summed E-state index contributed by atoms with van der Waals surface area (Å²) in [6.45, 7) is 1.10. The van der Waals surface area contributed by atoms with E-state index in [2.05, 4.69) is 4.74 Å². The summed E-state index contributed by atoms with van der Waals surface area (Å²) >= 11 is 0. The number of carbonyl (C=O) groups excluding carboxylic acids is 3. The molecule has 2 aromatic rings. The van der Waals surface area contributed by atoms with Crippen molar-refractivity contribution in [3.8, 4) is 0 Å². The fourth-order valence-electron chi connectivity index (χ4n) is 4.14. The molecule has 2 aliphatic heterocycles. The number of nitrogens with zero attached hydrogens (tertiary/aromatic N) is 2. The normalized spacial score (nSPS) is 16.3. The Labute approximate surface area is 179 Å². The number of fused-ring (bicyclic) bond motifs is 1. The van der Waals surface area contributed by atoms with Crippen LogP contribution in [0.15, 0.2) is 42.5 Å². The van der Waals surface area contributed by atoms with E-state index in [0.717, 1.165) is 5.56 Å². The molecule has 2 aliphatic rings. The smallest absolute Gasteiger partial charge is 0.410 e. The van der Waals surface area contributed by atoms with Crippen LogP contribution in [-0.4, -0.2) is 49.1 Å². The molecular weight excluding hydrogens is 403 g/mol. The maximum Gasteiger partial charge on any atom is 0.410 e. The second-order valence-corrected chi connectivity index (χ2v) is 7.65. The molecule has 8 heteroatoms. The lowest BCUT2D eigenvalue weighted by molar-refractivity contribution is -0.118. The number of piperidine rings is 1. The summed E-state index contributed by atoms with van der Waals surface area (Å²) in [5.41, 5.74) is 1.84. The van der Waals surface area contributed by atoms with Crippen LogP contribution >= 0.6 is 0 Å². The molecule has 2 aromatic carbocycles. The van der Waals surface area contributed by atoms with Gasteiger partial charge in [-0.1, -0.05) is 30.3 Å². The number of anilines is 1. The Balaban J connectivity index is 1.39. The molecule has 0 bridgehead atoms. The number of esters is 1. The number of halogens is 1. The largest absolute Gasteiger partial charge is 0.465 e. The number of ether oxygens (including phenoxy) is 2. The average molecular weight is 426 g/mol. The van der Waals surface area contributed by atoms with Crippen molar-refractivity contribution in [2.24, 2.45) is 0 Å². The van der Waals surface area contributed by atoms with Gasteiger partial charge in [0.2, 0.25) is 5.91 Å². The lowest BCUT2D eigenvalue weighted by atomic mass is 10.0. The van der Waals surface area contributed by atoms with Crippen molar-refractivity contribution in [2.45, 2.75) is 31.9 Å². The highest BCUT2D eigenvalue weighted by Gasteiger charge is 2.37. The van der Waals surface area contributed by atoms with Crippen molar-refractivity contribution < 1.29 is 28.2 Å². The number of carbonyl (C=O) groups is 3. The molecule has 0 N–H and O–H groups in total. The average Bonchev–Trinajstić information content (AvgIpc) is 3.11. The SMILES string of the molecule is COC(=O)c1cc2c(cc1F)N(C1CCN(C(=O)OCc3ccccc3)CC1)C(=O)C2. The Morgan fingerprint density at radius 2 is 1.84 bits per heavy atom. The minimum Gasteiger partial charge on any atom is -0.465 e. The van der Waals surface area contributed by atoms with Crippen molar-refractivity contribution in [2.75, 3.05) is 25.1 Å². The maximum atomic E-state index is 14.4. The van der Waals surface area contributed by atoms with Gasteiger partial charge >= 0.3 is 12.1 Å². The zero-order valence-electron chi connectivity index (χ0n) is 17.2. The number of rotatable bonds is 4. The number of likely N-dealkylation sites (tertiary alicyclic amines) is 1. The van der Waals surface area contributed by atoms with Gasteiger partial charge in [-0.3, -0.25) is 4.79 Å². The number of hydrogen-bond donors (Lipinski definition) is 0. The van der Waals surface area contributed by atoms with Gasteiger partial charge in [-0.25, -0.2) is 14.0 Å². The molecule has 0 aliphatic carbocycles.